The van der Waals surface area contributed by atoms with E-state index >= 15 is 0 Å². The van der Waals surface area contributed by atoms with Gasteiger partial charge in [0.2, 0.25) is 0 Å². The molecule has 0 bridgehead atoms. The van der Waals surface area contributed by atoms with Crippen LogP contribution in [0.25, 0.3) is 0 Å². The smallest absolute Gasteiger partial charge is 0.0945 e. The molecule has 0 aliphatic carbocycles. The number of aryl methyl sites for hydroxylation is 1. The molecule has 17 heavy (non-hydrogen) atoms. The molecule has 98 valence electrons. The minimum atomic E-state index is 0.220. The van der Waals surface area contributed by atoms with E-state index in [2.05, 4.69) is 47.6 Å². The van der Waals surface area contributed by atoms with Gasteiger partial charge < -0.3 is 14.8 Å². The third kappa shape index (κ3) is 7.13. The van der Waals surface area contributed by atoms with Crippen LogP contribution in [0.3, 0.4) is 0 Å². The van der Waals surface area contributed by atoms with Gasteiger partial charge in [-0.3, -0.25) is 0 Å². The van der Waals surface area contributed by atoms with Gasteiger partial charge in [0.05, 0.1) is 6.33 Å². The molecule has 0 radical (unpaired) electrons. The molecular weight excluding hydrogens is 212 g/mol. The summed E-state index contributed by atoms with van der Waals surface area (Å²) >= 11 is 0. The van der Waals surface area contributed by atoms with E-state index in [1.165, 1.54) is 6.42 Å². The summed E-state index contributed by atoms with van der Waals surface area (Å²) in [5.74, 6) is 0. The first-order valence-electron chi connectivity index (χ1n) is 6.37. The Morgan fingerprint density at radius 2 is 2.06 bits per heavy atom. The maximum atomic E-state index is 4.04. The van der Waals surface area contributed by atoms with Gasteiger partial charge in [0.15, 0.2) is 0 Å². The molecule has 0 fully saturated rings. The number of aromatic nitrogens is 2. The molecule has 0 spiro atoms. The lowest BCUT2D eigenvalue weighted by molar-refractivity contribution is 0.301. The number of likely N-dealkylation sites (N-methyl/N-ethyl adjacent to an activating group) is 1. The number of imidazole rings is 1. The van der Waals surface area contributed by atoms with E-state index in [-0.39, 0.29) is 5.54 Å². The maximum absolute atomic E-state index is 4.04. The molecule has 0 aliphatic heterocycles. The first kappa shape index (κ1) is 14.2. The summed E-state index contributed by atoms with van der Waals surface area (Å²) in [5, 5.41) is 3.50. The fourth-order valence-corrected chi connectivity index (χ4v) is 1.68. The second-order valence-electron chi connectivity index (χ2n) is 5.63. The van der Waals surface area contributed by atoms with Gasteiger partial charge in [-0.2, -0.15) is 0 Å². The second kappa shape index (κ2) is 6.77. The lowest BCUT2D eigenvalue weighted by Gasteiger charge is -2.23. The van der Waals surface area contributed by atoms with Gasteiger partial charge in [-0.25, -0.2) is 4.98 Å². The van der Waals surface area contributed by atoms with Crippen LogP contribution in [0, 0.1) is 0 Å². The minimum Gasteiger partial charge on any atom is -0.337 e. The highest BCUT2D eigenvalue weighted by atomic mass is 15.1. The Balaban J connectivity index is 2.03. The molecule has 1 heterocycles. The van der Waals surface area contributed by atoms with E-state index < -0.39 is 0 Å². The number of nitrogens with one attached hydrogen (secondary N) is 1. The predicted molar refractivity (Wildman–Crippen MR) is 72.1 cm³/mol. The topological polar surface area (TPSA) is 33.1 Å². The van der Waals surface area contributed by atoms with E-state index in [1.54, 1.807) is 0 Å². The zero-order valence-electron chi connectivity index (χ0n) is 11.6. The van der Waals surface area contributed by atoms with Crippen LogP contribution in [0.1, 0.15) is 27.2 Å². The minimum absolute atomic E-state index is 0.220. The van der Waals surface area contributed by atoms with Gasteiger partial charge in [0.1, 0.15) is 0 Å². The quantitative estimate of drug-likeness (QED) is 0.783. The Bertz CT molecular complexity index is 287. The lowest BCUT2D eigenvalue weighted by Crippen LogP contribution is -2.40. The van der Waals surface area contributed by atoms with Gasteiger partial charge in [0.25, 0.3) is 0 Å². The summed E-state index contributed by atoms with van der Waals surface area (Å²) in [6.07, 6.45) is 6.89. The molecule has 0 amide bonds. The van der Waals surface area contributed by atoms with Crippen LogP contribution in [0.15, 0.2) is 18.7 Å². The van der Waals surface area contributed by atoms with Crippen molar-refractivity contribution in [2.45, 2.75) is 39.3 Å². The molecule has 0 aromatic carbocycles. The standard InChI is InChI=1S/C13H26N4/c1-13(2,3)15-7-10-16(4)8-5-9-17-11-6-14-12-17/h6,11-12,15H,5,7-10H2,1-4H3. The van der Waals surface area contributed by atoms with Crippen LogP contribution in [0.4, 0.5) is 0 Å². The molecule has 0 unspecified atom stereocenters. The van der Waals surface area contributed by atoms with E-state index in [1.807, 2.05) is 18.7 Å². The molecule has 1 N–H and O–H groups in total. The summed E-state index contributed by atoms with van der Waals surface area (Å²) in [5.41, 5.74) is 0.220. The Labute approximate surface area is 105 Å². The highest BCUT2D eigenvalue weighted by Gasteiger charge is 2.08. The van der Waals surface area contributed by atoms with Crippen LogP contribution in [-0.4, -0.2) is 46.7 Å². The van der Waals surface area contributed by atoms with Gasteiger partial charge >= 0.3 is 0 Å². The molecule has 4 heteroatoms. The zero-order chi connectivity index (χ0) is 12.7. The Hall–Kier alpha value is -0.870. The lowest BCUT2D eigenvalue weighted by atomic mass is 10.1. The highest BCUT2D eigenvalue weighted by Crippen LogP contribution is 1.98. The summed E-state index contributed by atoms with van der Waals surface area (Å²) in [4.78, 5) is 6.41. The SMILES string of the molecule is CN(CCCn1ccnc1)CCNC(C)(C)C. The van der Waals surface area contributed by atoms with Gasteiger partial charge in [-0.1, -0.05) is 0 Å². The van der Waals surface area contributed by atoms with Crippen LogP contribution in [-0.2, 0) is 6.54 Å². The van der Waals surface area contributed by atoms with Crippen LogP contribution >= 0.6 is 0 Å². The summed E-state index contributed by atoms with van der Waals surface area (Å²) < 4.78 is 2.13. The van der Waals surface area contributed by atoms with Gasteiger partial charge in [-0.15, -0.1) is 0 Å². The molecule has 0 saturated carbocycles. The second-order valence-corrected chi connectivity index (χ2v) is 5.63. The summed E-state index contributed by atoms with van der Waals surface area (Å²) in [6.45, 7) is 10.9. The van der Waals surface area contributed by atoms with E-state index in [0.29, 0.717) is 0 Å². The van der Waals surface area contributed by atoms with Crippen molar-refractivity contribution in [3.05, 3.63) is 18.7 Å². The Morgan fingerprint density at radius 3 is 2.65 bits per heavy atom. The van der Waals surface area contributed by atoms with Crippen molar-refractivity contribution in [2.75, 3.05) is 26.7 Å². The van der Waals surface area contributed by atoms with Crippen LogP contribution in [0.5, 0.6) is 0 Å². The fraction of sp³-hybridized carbons (Fsp3) is 0.769. The van der Waals surface area contributed by atoms with Crippen LogP contribution in [0.2, 0.25) is 0 Å². The third-order valence-corrected chi connectivity index (χ3v) is 2.66. The largest absolute Gasteiger partial charge is 0.337 e. The Morgan fingerprint density at radius 1 is 1.29 bits per heavy atom. The average Bonchev–Trinajstić information content (AvgIpc) is 2.68. The van der Waals surface area contributed by atoms with E-state index in [9.17, 15) is 0 Å². The van der Waals surface area contributed by atoms with Gasteiger partial charge in [-0.05, 0) is 40.8 Å². The number of hydrogen-bond acceptors (Lipinski definition) is 3. The molecule has 0 aliphatic rings. The van der Waals surface area contributed by atoms with Crippen molar-refractivity contribution in [2.24, 2.45) is 0 Å². The van der Waals surface area contributed by atoms with Crippen molar-refractivity contribution in [1.82, 2.24) is 19.8 Å². The first-order chi connectivity index (χ1) is 7.97. The third-order valence-electron chi connectivity index (χ3n) is 2.66. The number of rotatable bonds is 7. The summed E-state index contributed by atoms with van der Waals surface area (Å²) in [7, 11) is 2.18. The van der Waals surface area contributed by atoms with Crippen molar-refractivity contribution in [1.29, 1.82) is 0 Å². The van der Waals surface area contributed by atoms with Crippen molar-refractivity contribution < 1.29 is 0 Å². The first-order valence-corrected chi connectivity index (χ1v) is 6.37. The molecule has 1 rings (SSSR count). The predicted octanol–water partition coefficient (Wildman–Crippen LogP) is 1.59. The average molecular weight is 238 g/mol. The van der Waals surface area contributed by atoms with Crippen molar-refractivity contribution in [3.8, 4) is 0 Å². The Kier molecular flexibility index (Phi) is 5.65. The number of nitrogens with zero attached hydrogens (tertiary/aromatic N) is 3. The molecule has 1 aromatic rings. The highest BCUT2D eigenvalue weighted by molar-refractivity contribution is 4.74. The van der Waals surface area contributed by atoms with E-state index in [4.69, 9.17) is 0 Å². The normalized spacial score (nSPS) is 12.3. The molecule has 0 atom stereocenters. The molecule has 0 saturated heterocycles. The fourth-order valence-electron chi connectivity index (χ4n) is 1.68. The monoisotopic (exact) mass is 238 g/mol. The molecule has 4 nitrogen and oxygen atoms in total. The van der Waals surface area contributed by atoms with Crippen molar-refractivity contribution in [3.63, 3.8) is 0 Å². The number of hydrogen-bond donors (Lipinski definition) is 1. The van der Waals surface area contributed by atoms with Crippen molar-refractivity contribution >= 4 is 0 Å². The van der Waals surface area contributed by atoms with Gasteiger partial charge in [0, 0.05) is 37.6 Å². The summed E-state index contributed by atoms with van der Waals surface area (Å²) in [6, 6.07) is 0. The molecular formula is C13H26N4. The zero-order valence-corrected chi connectivity index (χ0v) is 11.6. The molecule has 1 aromatic heterocycles. The van der Waals surface area contributed by atoms with Crippen LogP contribution < -0.4 is 5.32 Å². The maximum Gasteiger partial charge on any atom is 0.0945 e. The van der Waals surface area contributed by atoms with E-state index in [0.717, 1.165) is 26.2 Å².